The van der Waals surface area contributed by atoms with Gasteiger partial charge in [0.2, 0.25) is 5.91 Å². The third kappa shape index (κ3) is 5.05. The van der Waals surface area contributed by atoms with E-state index in [9.17, 15) is 19.2 Å². The number of amides is 4. The Hall–Kier alpha value is -3.04. The fourth-order valence-corrected chi connectivity index (χ4v) is 5.73. The minimum Gasteiger partial charge on any atom is -0.385 e. The lowest BCUT2D eigenvalue weighted by Crippen LogP contribution is -2.31. The number of methoxy groups -OCH3 is 1. The van der Waals surface area contributed by atoms with Gasteiger partial charge in [0.25, 0.3) is 17.7 Å². The van der Waals surface area contributed by atoms with Gasteiger partial charge in [-0.2, -0.15) is 0 Å². The first kappa shape index (κ1) is 24.1. The molecule has 9 heteroatoms. The Labute approximate surface area is 202 Å². The molecule has 180 valence electrons. The van der Waals surface area contributed by atoms with Gasteiger partial charge in [-0.05, 0) is 56.2 Å². The second kappa shape index (κ2) is 10.9. The Morgan fingerprint density at radius 3 is 2.47 bits per heavy atom. The van der Waals surface area contributed by atoms with Crippen molar-refractivity contribution in [3.63, 3.8) is 0 Å². The molecule has 1 aromatic carbocycles. The van der Waals surface area contributed by atoms with Crippen LogP contribution in [0.2, 0.25) is 0 Å². The maximum Gasteiger partial charge on any atom is 0.261 e. The SMILES string of the molecule is COCCCNC(=O)c1c(NC(=O)CCCN2C(=O)c3ccccc3C2=O)sc2c1CCCC2. The highest BCUT2D eigenvalue weighted by molar-refractivity contribution is 7.17. The summed E-state index contributed by atoms with van der Waals surface area (Å²) in [7, 11) is 1.62. The zero-order chi connectivity index (χ0) is 24.1. The fraction of sp³-hybridized carbons (Fsp3) is 0.440. The number of nitrogens with one attached hydrogen (secondary N) is 2. The van der Waals surface area contributed by atoms with E-state index >= 15 is 0 Å². The van der Waals surface area contributed by atoms with E-state index in [0.29, 0.717) is 47.7 Å². The molecule has 4 amide bonds. The molecule has 0 bridgehead atoms. The third-order valence-corrected chi connectivity index (χ3v) is 7.33. The Morgan fingerprint density at radius 2 is 1.76 bits per heavy atom. The molecule has 2 aliphatic rings. The number of benzene rings is 1. The molecule has 1 aromatic heterocycles. The van der Waals surface area contributed by atoms with Gasteiger partial charge in [-0.15, -0.1) is 11.3 Å². The largest absolute Gasteiger partial charge is 0.385 e. The maximum atomic E-state index is 12.9. The molecular weight excluding hydrogens is 454 g/mol. The van der Waals surface area contributed by atoms with Crippen molar-refractivity contribution in [3.8, 4) is 0 Å². The van der Waals surface area contributed by atoms with Crippen LogP contribution in [0.4, 0.5) is 5.00 Å². The molecule has 0 saturated heterocycles. The van der Waals surface area contributed by atoms with Gasteiger partial charge in [-0.3, -0.25) is 24.1 Å². The minimum absolute atomic E-state index is 0.144. The number of aryl methyl sites for hydroxylation is 1. The Bertz CT molecular complexity index is 1070. The lowest BCUT2D eigenvalue weighted by atomic mass is 9.95. The average Bonchev–Trinajstić information content (AvgIpc) is 3.32. The number of ether oxygens (including phenoxy) is 1. The Morgan fingerprint density at radius 1 is 1.06 bits per heavy atom. The van der Waals surface area contributed by atoms with Gasteiger partial charge in [0.15, 0.2) is 0 Å². The molecule has 0 radical (unpaired) electrons. The quantitative estimate of drug-likeness (QED) is 0.398. The average molecular weight is 484 g/mol. The van der Waals surface area contributed by atoms with Crippen molar-refractivity contribution >= 4 is 40.0 Å². The summed E-state index contributed by atoms with van der Waals surface area (Å²) in [6.07, 6.45) is 5.07. The van der Waals surface area contributed by atoms with E-state index in [1.54, 1.807) is 31.4 Å². The summed E-state index contributed by atoms with van der Waals surface area (Å²) >= 11 is 1.48. The highest BCUT2D eigenvalue weighted by Gasteiger charge is 2.34. The van der Waals surface area contributed by atoms with Crippen molar-refractivity contribution in [1.82, 2.24) is 10.2 Å². The zero-order valence-electron chi connectivity index (χ0n) is 19.3. The van der Waals surface area contributed by atoms with E-state index in [0.717, 1.165) is 36.1 Å². The van der Waals surface area contributed by atoms with Crippen LogP contribution in [0.5, 0.6) is 0 Å². The molecule has 2 N–H and O–H groups in total. The van der Waals surface area contributed by atoms with E-state index in [1.165, 1.54) is 16.2 Å². The van der Waals surface area contributed by atoms with Gasteiger partial charge >= 0.3 is 0 Å². The number of hydrogen-bond donors (Lipinski definition) is 2. The summed E-state index contributed by atoms with van der Waals surface area (Å²) in [5.41, 5.74) is 2.43. The molecule has 1 aliphatic heterocycles. The number of carbonyl (C=O) groups excluding carboxylic acids is 4. The molecule has 2 heterocycles. The van der Waals surface area contributed by atoms with Crippen LogP contribution in [-0.4, -0.2) is 55.3 Å². The van der Waals surface area contributed by atoms with Gasteiger partial charge in [0.1, 0.15) is 5.00 Å². The molecular formula is C25H29N3O5S. The van der Waals surface area contributed by atoms with Crippen molar-refractivity contribution in [3.05, 3.63) is 51.4 Å². The lowest BCUT2D eigenvalue weighted by molar-refractivity contribution is -0.116. The number of nitrogens with zero attached hydrogens (tertiary/aromatic N) is 1. The van der Waals surface area contributed by atoms with Crippen LogP contribution >= 0.6 is 11.3 Å². The molecule has 0 saturated carbocycles. The van der Waals surface area contributed by atoms with Crippen LogP contribution in [0.15, 0.2) is 24.3 Å². The summed E-state index contributed by atoms with van der Waals surface area (Å²) in [5, 5.41) is 6.44. The predicted octanol–water partition coefficient (Wildman–Crippen LogP) is 3.41. The normalized spacial score (nSPS) is 14.7. The Balaban J connectivity index is 1.36. The molecule has 0 fully saturated rings. The molecule has 34 heavy (non-hydrogen) atoms. The molecule has 4 rings (SSSR count). The zero-order valence-corrected chi connectivity index (χ0v) is 20.1. The van der Waals surface area contributed by atoms with Gasteiger partial charge < -0.3 is 15.4 Å². The number of anilines is 1. The highest BCUT2D eigenvalue weighted by atomic mass is 32.1. The predicted molar refractivity (Wildman–Crippen MR) is 129 cm³/mol. The number of imide groups is 1. The summed E-state index contributed by atoms with van der Waals surface area (Å²) in [6.45, 7) is 1.25. The first-order chi connectivity index (χ1) is 16.5. The number of fused-ring (bicyclic) bond motifs is 2. The second-order valence-corrected chi connectivity index (χ2v) is 9.58. The summed E-state index contributed by atoms with van der Waals surface area (Å²) in [6, 6.07) is 6.74. The first-order valence-electron chi connectivity index (χ1n) is 11.7. The van der Waals surface area contributed by atoms with E-state index in [4.69, 9.17) is 4.74 Å². The van der Waals surface area contributed by atoms with Crippen molar-refractivity contribution in [2.75, 3.05) is 32.1 Å². The van der Waals surface area contributed by atoms with Gasteiger partial charge in [0, 0.05) is 38.1 Å². The maximum absolute atomic E-state index is 12.9. The number of carbonyl (C=O) groups is 4. The van der Waals surface area contributed by atoms with Crippen LogP contribution in [0.3, 0.4) is 0 Å². The number of rotatable bonds is 10. The second-order valence-electron chi connectivity index (χ2n) is 8.48. The van der Waals surface area contributed by atoms with Gasteiger partial charge in [-0.25, -0.2) is 0 Å². The molecule has 0 spiro atoms. The van der Waals surface area contributed by atoms with Crippen LogP contribution in [0.1, 0.15) is 73.6 Å². The lowest BCUT2D eigenvalue weighted by Gasteiger charge is -2.14. The molecule has 8 nitrogen and oxygen atoms in total. The standard InChI is InChI=1S/C25H29N3O5S/c1-33-15-7-13-26-22(30)21-18-10-4-5-11-19(18)34-23(21)27-20(29)12-6-14-28-24(31)16-8-2-3-9-17(16)25(28)32/h2-3,8-9H,4-7,10-15H2,1H3,(H,26,30)(H,27,29). The molecule has 0 atom stereocenters. The van der Waals surface area contributed by atoms with Crippen LogP contribution < -0.4 is 10.6 Å². The molecule has 1 aliphatic carbocycles. The number of hydrogen-bond acceptors (Lipinski definition) is 6. The summed E-state index contributed by atoms with van der Waals surface area (Å²) < 4.78 is 5.04. The van der Waals surface area contributed by atoms with E-state index in [-0.39, 0.29) is 36.6 Å². The van der Waals surface area contributed by atoms with Crippen molar-refractivity contribution < 1.29 is 23.9 Å². The smallest absolute Gasteiger partial charge is 0.261 e. The van der Waals surface area contributed by atoms with Crippen LogP contribution in [0, 0.1) is 0 Å². The van der Waals surface area contributed by atoms with Crippen molar-refractivity contribution in [2.45, 2.75) is 44.9 Å². The first-order valence-corrected chi connectivity index (χ1v) is 12.5. The fourth-order valence-electron chi connectivity index (χ4n) is 4.43. The number of thiophene rings is 1. The van der Waals surface area contributed by atoms with Crippen LogP contribution in [-0.2, 0) is 22.4 Å². The highest BCUT2D eigenvalue weighted by Crippen LogP contribution is 2.38. The van der Waals surface area contributed by atoms with Crippen molar-refractivity contribution in [2.24, 2.45) is 0 Å². The van der Waals surface area contributed by atoms with Crippen molar-refractivity contribution in [1.29, 1.82) is 0 Å². The van der Waals surface area contributed by atoms with Crippen LogP contribution in [0.25, 0.3) is 0 Å². The summed E-state index contributed by atoms with van der Waals surface area (Å²) in [5.74, 6) is -1.04. The van der Waals surface area contributed by atoms with Gasteiger partial charge in [0.05, 0.1) is 16.7 Å². The molecule has 2 aromatic rings. The third-order valence-electron chi connectivity index (χ3n) is 6.13. The topological polar surface area (TPSA) is 105 Å². The van der Waals surface area contributed by atoms with E-state index in [1.807, 2.05) is 0 Å². The van der Waals surface area contributed by atoms with Gasteiger partial charge in [-0.1, -0.05) is 12.1 Å². The monoisotopic (exact) mass is 483 g/mol. The Kier molecular flexibility index (Phi) is 7.74. The summed E-state index contributed by atoms with van der Waals surface area (Å²) in [4.78, 5) is 53.0. The van der Waals surface area contributed by atoms with E-state index in [2.05, 4.69) is 10.6 Å². The minimum atomic E-state index is -0.320. The molecule has 0 unspecified atom stereocenters. The van der Waals surface area contributed by atoms with E-state index < -0.39 is 0 Å².